The van der Waals surface area contributed by atoms with Crippen LogP contribution in [0.2, 0.25) is 0 Å². The second-order valence-electron chi connectivity index (χ2n) is 9.12. The first-order valence-corrected chi connectivity index (χ1v) is 11.6. The van der Waals surface area contributed by atoms with Gasteiger partial charge in [-0.2, -0.15) is 0 Å². The van der Waals surface area contributed by atoms with Crippen LogP contribution in [0.25, 0.3) is 0 Å². The van der Waals surface area contributed by atoms with E-state index in [1.807, 2.05) is 44.2 Å². The van der Waals surface area contributed by atoms with E-state index in [4.69, 9.17) is 9.57 Å². The summed E-state index contributed by atoms with van der Waals surface area (Å²) in [5.41, 5.74) is 0.425. The van der Waals surface area contributed by atoms with Crippen molar-refractivity contribution in [3.63, 3.8) is 0 Å². The van der Waals surface area contributed by atoms with Gasteiger partial charge in [0.25, 0.3) is 11.8 Å². The van der Waals surface area contributed by atoms with Crippen LogP contribution >= 0.6 is 0 Å². The van der Waals surface area contributed by atoms with Gasteiger partial charge in [0.1, 0.15) is 5.75 Å². The summed E-state index contributed by atoms with van der Waals surface area (Å²) in [5.74, 6) is -0.944. The molecular weight excluding hydrogens is 449 g/mol. The molecule has 1 aliphatic rings. The minimum Gasteiger partial charge on any atom is -0.497 e. The van der Waals surface area contributed by atoms with Crippen LogP contribution in [-0.2, 0) is 16.1 Å². The van der Waals surface area contributed by atoms with Crippen LogP contribution < -0.4 is 15.4 Å². The zero-order chi connectivity index (χ0) is 25.4. The predicted molar refractivity (Wildman–Crippen MR) is 133 cm³/mol. The molecule has 10 heteroatoms. The molecule has 2 aromatic carbocycles. The number of amides is 2. The van der Waals surface area contributed by atoms with Crippen molar-refractivity contribution in [2.45, 2.75) is 44.7 Å². The molecule has 1 aliphatic heterocycles. The number of carbonyl (C=O) groups excluding carboxylic acids is 2. The first-order chi connectivity index (χ1) is 16.7. The van der Waals surface area contributed by atoms with Crippen LogP contribution in [0.1, 0.15) is 42.6 Å². The van der Waals surface area contributed by atoms with Gasteiger partial charge >= 0.3 is 7.12 Å². The van der Waals surface area contributed by atoms with Crippen molar-refractivity contribution in [2.75, 3.05) is 13.7 Å². The van der Waals surface area contributed by atoms with Crippen molar-refractivity contribution in [1.29, 1.82) is 0 Å². The van der Waals surface area contributed by atoms with Gasteiger partial charge in [-0.25, -0.2) is 0 Å². The number of oxime groups is 1. The van der Waals surface area contributed by atoms with Gasteiger partial charge in [-0.3, -0.25) is 9.59 Å². The maximum atomic E-state index is 13.4. The predicted octanol–water partition coefficient (Wildman–Crippen LogP) is 1.73. The molecule has 3 rings (SSSR count). The Morgan fingerprint density at radius 3 is 2.57 bits per heavy atom. The van der Waals surface area contributed by atoms with Crippen LogP contribution in [-0.4, -0.2) is 59.9 Å². The molecule has 0 fully saturated rings. The van der Waals surface area contributed by atoms with E-state index in [0.717, 1.165) is 5.56 Å². The van der Waals surface area contributed by atoms with Gasteiger partial charge in [0.15, 0.2) is 0 Å². The molecule has 2 atom stereocenters. The zero-order valence-electron chi connectivity index (χ0n) is 20.2. The largest absolute Gasteiger partial charge is 0.497 e. The van der Waals surface area contributed by atoms with Crippen molar-refractivity contribution in [3.05, 3.63) is 65.7 Å². The molecule has 1 heterocycles. The van der Waals surface area contributed by atoms with Crippen molar-refractivity contribution in [2.24, 2.45) is 11.1 Å². The van der Waals surface area contributed by atoms with Crippen LogP contribution in [0, 0.1) is 5.92 Å². The number of hydrogen-bond acceptors (Lipinski definition) is 7. The molecule has 1 unspecified atom stereocenters. The Labute approximate surface area is 205 Å². The average molecular weight is 481 g/mol. The lowest BCUT2D eigenvalue weighted by atomic mass is 9.74. The number of nitrogens with zero attached hydrogens (tertiary/aromatic N) is 1. The molecule has 35 heavy (non-hydrogen) atoms. The van der Waals surface area contributed by atoms with Gasteiger partial charge < -0.3 is 30.3 Å². The summed E-state index contributed by atoms with van der Waals surface area (Å²) in [4.78, 5) is 31.7. The highest BCUT2D eigenvalue weighted by atomic mass is 16.7. The van der Waals surface area contributed by atoms with Crippen LogP contribution in [0.5, 0.6) is 5.75 Å². The van der Waals surface area contributed by atoms with Crippen molar-refractivity contribution in [3.8, 4) is 5.75 Å². The molecule has 186 valence electrons. The Morgan fingerprint density at radius 2 is 1.91 bits per heavy atom. The molecule has 2 amide bonds. The third-order valence-corrected chi connectivity index (χ3v) is 5.77. The summed E-state index contributed by atoms with van der Waals surface area (Å²) < 4.78 is 5.16. The SMILES string of the molecule is COc1cccc(C(=O)NCC2=NOC(Cc3ccccc3)(C(=O)N[C@@H](CC(C)C)B(O)O)C2)c1. The molecule has 0 saturated carbocycles. The lowest BCUT2D eigenvalue weighted by molar-refractivity contribution is -0.144. The smallest absolute Gasteiger partial charge is 0.475 e. The van der Waals surface area contributed by atoms with Gasteiger partial charge in [0.05, 0.1) is 25.3 Å². The molecule has 0 aliphatic carbocycles. The summed E-state index contributed by atoms with van der Waals surface area (Å²) in [6.45, 7) is 3.96. The molecule has 9 nitrogen and oxygen atoms in total. The summed E-state index contributed by atoms with van der Waals surface area (Å²) in [5, 5.41) is 29.2. The minimum atomic E-state index is -1.71. The Hall–Kier alpha value is -3.37. The Bertz CT molecular complexity index is 1050. The maximum absolute atomic E-state index is 13.4. The van der Waals surface area contributed by atoms with Gasteiger partial charge in [-0.05, 0) is 36.1 Å². The maximum Gasteiger partial charge on any atom is 0.475 e. The van der Waals surface area contributed by atoms with E-state index in [0.29, 0.717) is 23.4 Å². The Balaban J connectivity index is 1.72. The second-order valence-corrected chi connectivity index (χ2v) is 9.12. The van der Waals surface area contributed by atoms with E-state index in [2.05, 4.69) is 15.8 Å². The van der Waals surface area contributed by atoms with Crippen LogP contribution in [0.15, 0.2) is 59.8 Å². The lowest BCUT2D eigenvalue weighted by Gasteiger charge is -2.29. The van der Waals surface area contributed by atoms with E-state index in [9.17, 15) is 19.6 Å². The highest BCUT2D eigenvalue weighted by Gasteiger charge is 2.48. The molecule has 0 saturated heterocycles. The molecule has 0 spiro atoms. The van der Waals surface area contributed by atoms with Gasteiger partial charge in [0, 0.05) is 18.4 Å². The van der Waals surface area contributed by atoms with Gasteiger partial charge in [-0.1, -0.05) is 55.4 Å². The Morgan fingerprint density at radius 1 is 1.17 bits per heavy atom. The number of nitrogens with one attached hydrogen (secondary N) is 2. The van der Waals surface area contributed by atoms with E-state index in [1.54, 1.807) is 24.3 Å². The van der Waals surface area contributed by atoms with E-state index in [-0.39, 0.29) is 31.2 Å². The fourth-order valence-corrected chi connectivity index (χ4v) is 3.97. The highest BCUT2D eigenvalue weighted by molar-refractivity contribution is 6.43. The van der Waals surface area contributed by atoms with Crippen molar-refractivity contribution >= 4 is 24.6 Å². The van der Waals surface area contributed by atoms with Crippen molar-refractivity contribution in [1.82, 2.24) is 10.6 Å². The fraction of sp³-hybridized carbons (Fsp3) is 0.400. The molecule has 4 N–H and O–H groups in total. The van der Waals surface area contributed by atoms with Crippen LogP contribution in [0.3, 0.4) is 0 Å². The van der Waals surface area contributed by atoms with Gasteiger partial charge in [-0.15, -0.1) is 0 Å². The number of methoxy groups -OCH3 is 1. The van der Waals surface area contributed by atoms with Crippen molar-refractivity contribution < 1.29 is 29.2 Å². The molecule has 2 aromatic rings. The Kier molecular flexibility index (Phi) is 8.89. The molecular formula is C25H32BN3O6. The van der Waals surface area contributed by atoms with E-state index >= 15 is 0 Å². The fourth-order valence-electron chi connectivity index (χ4n) is 3.97. The average Bonchev–Trinajstić information content (AvgIpc) is 3.26. The standard InChI is InChI=1S/C25H32BN3O6/c1-17(2)12-22(26(32)33)28-24(31)25(14-18-8-5-4-6-9-18)15-20(29-35-25)16-27-23(30)19-10-7-11-21(13-19)34-3/h4-11,13,17,22,32-33H,12,14-16H2,1-3H3,(H,27,30)(H,28,31)/t22-,25?/m0/s1. The normalized spacial score (nSPS) is 17.8. The first kappa shape index (κ1) is 26.2. The number of carbonyl (C=O) groups is 2. The van der Waals surface area contributed by atoms with Crippen LogP contribution in [0.4, 0.5) is 0 Å². The summed E-state index contributed by atoms with van der Waals surface area (Å²) >= 11 is 0. The number of rotatable bonds is 11. The zero-order valence-corrected chi connectivity index (χ0v) is 20.2. The number of hydrogen-bond donors (Lipinski definition) is 4. The lowest BCUT2D eigenvalue weighted by Crippen LogP contribution is -2.56. The summed E-state index contributed by atoms with van der Waals surface area (Å²) in [6.07, 6.45) is 0.754. The molecule has 0 radical (unpaired) electrons. The highest BCUT2D eigenvalue weighted by Crippen LogP contribution is 2.29. The summed E-state index contributed by atoms with van der Waals surface area (Å²) in [6, 6.07) is 16.2. The van der Waals surface area contributed by atoms with E-state index in [1.165, 1.54) is 7.11 Å². The number of benzene rings is 2. The summed E-state index contributed by atoms with van der Waals surface area (Å²) in [7, 11) is -0.181. The number of ether oxygens (including phenoxy) is 1. The minimum absolute atomic E-state index is 0.0951. The van der Waals surface area contributed by atoms with E-state index < -0.39 is 24.6 Å². The first-order valence-electron chi connectivity index (χ1n) is 11.6. The third kappa shape index (κ3) is 7.06. The monoisotopic (exact) mass is 481 g/mol. The molecule has 0 bridgehead atoms. The van der Waals surface area contributed by atoms with Gasteiger partial charge in [0.2, 0.25) is 5.60 Å². The second kappa shape index (κ2) is 11.9. The quantitative estimate of drug-likeness (QED) is 0.362. The topological polar surface area (TPSA) is 129 Å². The third-order valence-electron chi connectivity index (χ3n) is 5.77. The molecule has 0 aromatic heterocycles.